The second kappa shape index (κ2) is 3.96. The fraction of sp³-hybridized carbons (Fsp3) is 0.100. The lowest BCUT2D eigenvalue weighted by atomic mass is 10.2. The van der Waals surface area contributed by atoms with Gasteiger partial charge in [-0.3, -0.25) is 9.63 Å². The largest absolute Gasteiger partial charge is 0.284 e. The Morgan fingerprint density at radius 2 is 2.27 bits per heavy atom. The maximum Gasteiger partial charge on any atom is 0.284 e. The molecule has 78 valence electrons. The molecule has 2 aromatic rings. The molecule has 0 fully saturated rings. The van der Waals surface area contributed by atoms with Gasteiger partial charge in [0.1, 0.15) is 5.82 Å². The van der Waals surface area contributed by atoms with Crippen molar-refractivity contribution in [3.8, 4) is 0 Å². The van der Waals surface area contributed by atoms with Gasteiger partial charge < -0.3 is 0 Å². The van der Waals surface area contributed by atoms with Crippen molar-refractivity contribution in [3.05, 3.63) is 35.0 Å². The Labute approximate surface area is 89.4 Å². The van der Waals surface area contributed by atoms with E-state index < -0.39 is 0 Å². The number of hydrogen-bond acceptors (Lipinski definition) is 3. The summed E-state index contributed by atoms with van der Waals surface area (Å²) in [6.07, 6.45) is 0. The molecule has 3 nitrogen and oxygen atoms in total. The van der Waals surface area contributed by atoms with Crippen LogP contribution in [-0.4, -0.2) is 13.0 Å². The summed E-state index contributed by atoms with van der Waals surface area (Å²) < 4.78 is 13.6. The van der Waals surface area contributed by atoms with Crippen molar-refractivity contribution in [2.24, 2.45) is 0 Å². The van der Waals surface area contributed by atoms with E-state index in [-0.39, 0.29) is 11.7 Å². The SMILES string of the molecule is CONC(=O)c1cc2ccc(F)cc2s1. The predicted octanol–water partition coefficient (Wildman–Crippen LogP) is 2.33. The van der Waals surface area contributed by atoms with Crippen LogP contribution in [0, 0.1) is 5.82 Å². The van der Waals surface area contributed by atoms with Crippen LogP contribution in [0.15, 0.2) is 24.3 Å². The number of carbonyl (C=O) groups excluding carboxylic acids is 1. The van der Waals surface area contributed by atoms with E-state index >= 15 is 0 Å². The van der Waals surface area contributed by atoms with Crippen LogP contribution in [0.3, 0.4) is 0 Å². The van der Waals surface area contributed by atoms with E-state index in [1.807, 2.05) is 0 Å². The van der Waals surface area contributed by atoms with Crippen LogP contribution in [-0.2, 0) is 4.84 Å². The summed E-state index contributed by atoms with van der Waals surface area (Å²) in [7, 11) is 1.37. The third kappa shape index (κ3) is 1.98. The van der Waals surface area contributed by atoms with Crippen LogP contribution >= 0.6 is 11.3 Å². The fourth-order valence-electron chi connectivity index (χ4n) is 1.26. The first-order valence-electron chi connectivity index (χ1n) is 4.23. The first kappa shape index (κ1) is 10.1. The maximum atomic E-state index is 12.9. The number of fused-ring (bicyclic) bond motifs is 1. The van der Waals surface area contributed by atoms with E-state index in [4.69, 9.17) is 0 Å². The molecule has 0 atom stereocenters. The van der Waals surface area contributed by atoms with Crippen LogP contribution in [0.1, 0.15) is 9.67 Å². The van der Waals surface area contributed by atoms with Gasteiger partial charge in [-0.25, -0.2) is 9.87 Å². The third-order valence-corrected chi connectivity index (χ3v) is 3.00. The monoisotopic (exact) mass is 225 g/mol. The molecule has 15 heavy (non-hydrogen) atoms. The van der Waals surface area contributed by atoms with Crippen LogP contribution in [0.4, 0.5) is 4.39 Å². The van der Waals surface area contributed by atoms with E-state index in [0.717, 1.165) is 10.1 Å². The quantitative estimate of drug-likeness (QED) is 0.796. The van der Waals surface area contributed by atoms with Crippen LogP contribution < -0.4 is 5.48 Å². The zero-order valence-electron chi connectivity index (χ0n) is 7.91. The second-order valence-corrected chi connectivity index (χ2v) is 4.01. The summed E-state index contributed by atoms with van der Waals surface area (Å²) in [5.74, 6) is -0.623. The topological polar surface area (TPSA) is 38.3 Å². The molecule has 1 heterocycles. The summed E-state index contributed by atoms with van der Waals surface area (Å²) in [6.45, 7) is 0. The van der Waals surface area contributed by atoms with Crippen molar-refractivity contribution in [1.82, 2.24) is 5.48 Å². The summed E-state index contributed by atoms with van der Waals surface area (Å²) in [4.78, 5) is 16.4. The van der Waals surface area contributed by atoms with Gasteiger partial charge in [0.2, 0.25) is 0 Å². The highest BCUT2D eigenvalue weighted by atomic mass is 32.1. The van der Waals surface area contributed by atoms with Crippen molar-refractivity contribution in [2.75, 3.05) is 7.11 Å². The Bertz CT molecular complexity index is 509. The zero-order chi connectivity index (χ0) is 10.8. The lowest BCUT2D eigenvalue weighted by Gasteiger charge is -1.96. The molecule has 0 spiro atoms. The normalized spacial score (nSPS) is 10.5. The van der Waals surface area contributed by atoms with Crippen molar-refractivity contribution in [1.29, 1.82) is 0 Å². The molecule has 1 aromatic carbocycles. The molecular formula is C10H8FNO2S. The molecule has 0 saturated carbocycles. The smallest absolute Gasteiger partial charge is 0.277 e. The fourth-order valence-corrected chi connectivity index (χ4v) is 2.23. The minimum Gasteiger partial charge on any atom is -0.277 e. The molecular weight excluding hydrogens is 217 g/mol. The number of benzene rings is 1. The molecule has 0 unspecified atom stereocenters. The Morgan fingerprint density at radius 1 is 1.47 bits per heavy atom. The minimum atomic E-state index is -0.320. The number of amides is 1. The van der Waals surface area contributed by atoms with E-state index in [1.165, 1.54) is 30.6 Å². The molecule has 0 saturated heterocycles. The Kier molecular flexibility index (Phi) is 2.66. The Hall–Kier alpha value is -1.46. The lowest BCUT2D eigenvalue weighted by Crippen LogP contribution is -2.20. The number of rotatable bonds is 2. The molecule has 0 radical (unpaired) electrons. The predicted molar refractivity (Wildman–Crippen MR) is 56.3 cm³/mol. The molecule has 0 aliphatic rings. The van der Waals surface area contributed by atoms with Crippen molar-refractivity contribution >= 4 is 27.3 Å². The Balaban J connectivity index is 2.42. The van der Waals surface area contributed by atoms with Crippen molar-refractivity contribution in [3.63, 3.8) is 0 Å². The zero-order valence-corrected chi connectivity index (χ0v) is 8.73. The molecule has 0 aliphatic heterocycles. The van der Waals surface area contributed by atoms with E-state index in [2.05, 4.69) is 10.3 Å². The van der Waals surface area contributed by atoms with Crippen molar-refractivity contribution < 1.29 is 14.0 Å². The standard InChI is InChI=1S/C10H8FNO2S/c1-14-12-10(13)9-4-6-2-3-7(11)5-8(6)15-9/h2-5H,1H3,(H,12,13). The number of nitrogens with one attached hydrogen (secondary N) is 1. The van der Waals surface area contributed by atoms with Gasteiger partial charge >= 0.3 is 0 Å². The van der Waals surface area contributed by atoms with E-state index in [9.17, 15) is 9.18 Å². The summed E-state index contributed by atoms with van der Waals surface area (Å²) in [6, 6.07) is 6.12. The highest BCUT2D eigenvalue weighted by molar-refractivity contribution is 7.20. The van der Waals surface area contributed by atoms with Gasteiger partial charge in [-0.2, -0.15) is 0 Å². The van der Waals surface area contributed by atoms with Crippen LogP contribution in [0.5, 0.6) is 0 Å². The number of hydroxylamine groups is 1. The summed E-state index contributed by atoms with van der Waals surface area (Å²) >= 11 is 1.23. The minimum absolute atomic E-state index is 0.303. The molecule has 1 amide bonds. The van der Waals surface area contributed by atoms with Crippen LogP contribution in [0.2, 0.25) is 0 Å². The molecule has 0 aliphatic carbocycles. The maximum absolute atomic E-state index is 12.9. The molecule has 2 rings (SSSR count). The number of halogens is 1. The molecule has 5 heteroatoms. The van der Waals surface area contributed by atoms with Gasteiger partial charge in [0.05, 0.1) is 12.0 Å². The summed E-state index contributed by atoms with van der Waals surface area (Å²) in [5.41, 5.74) is 2.22. The average Bonchev–Trinajstić information content (AvgIpc) is 2.60. The van der Waals surface area contributed by atoms with Gasteiger partial charge in [-0.05, 0) is 23.6 Å². The highest BCUT2D eigenvalue weighted by Gasteiger charge is 2.09. The van der Waals surface area contributed by atoms with E-state index in [0.29, 0.717) is 4.88 Å². The third-order valence-electron chi connectivity index (χ3n) is 1.90. The molecule has 1 N–H and O–H groups in total. The van der Waals surface area contributed by atoms with Gasteiger partial charge in [0.25, 0.3) is 5.91 Å². The number of hydrogen-bond donors (Lipinski definition) is 1. The van der Waals surface area contributed by atoms with E-state index in [1.54, 1.807) is 12.1 Å². The average molecular weight is 225 g/mol. The molecule has 0 bridgehead atoms. The highest BCUT2D eigenvalue weighted by Crippen LogP contribution is 2.26. The number of thiophene rings is 1. The summed E-state index contributed by atoms with van der Waals surface area (Å²) in [5, 5.41) is 0.850. The first-order chi connectivity index (χ1) is 7.20. The Morgan fingerprint density at radius 3 is 3.00 bits per heavy atom. The number of carbonyl (C=O) groups is 1. The molecule has 1 aromatic heterocycles. The van der Waals surface area contributed by atoms with Crippen molar-refractivity contribution in [2.45, 2.75) is 0 Å². The van der Waals surface area contributed by atoms with Gasteiger partial charge in [-0.1, -0.05) is 6.07 Å². The second-order valence-electron chi connectivity index (χ2n) is 2.93. The lowest BCUT2D eigenvalue weighted by molar-refractivity contribution is 0.0542. The van der Waals surface area contributed by atoms with Gasteiger partial charge in [-0.15, -0.1) is 11.3 Å². The first-order valence-corrected chi connectivity index (χ1v) is 5.05. The van der Waals surface area contributed by atoms with Gasteiger partial charge in [0.15, 0.2) is 0 Å². The van der Waals surface area contributed by atoms with Gasteiger partial charge in [0, 0.05) is 4.70 Å². The van der Waals surface area contributed by atoms with Crippen LogP contribution in [0.25, 0.3) is 10.1 Å².